The molecule has 1 N–H and O–H groups in total. The van der Waals surface area contributed by atoms with Crippen LogP contribution >= 0.6 is 11.6 Å². The Kier molecular flexibility index (Phi) is 6.56. The standard InChI is InChI=1S/C22H27ClN2O/c1-17(24-22(26)14-7-18-5-10-20(23)11-6-18)19-8-12-21(13-9-19)25-15-3-2-4-16-25/h5-6,8-13,17H,2-4,7,14-16H2,1H3,(H,24,26)/t17-/m1/s1. The van der Waals surface area contributed by atoms with Gasteiger partial charge in [0.05, 0.1) is 6.04 Å². The lowest BCUT2D eigenvalue weighted by Crippen LogP contribution is -2.29. The molecule has 0 aromatic heterocycles. The first-order valence-corrected chi connectivity index (χ1v) is 9.88. The third-order valence-corrected chi connectivity index (χ3v) is 5.30. The van der Waals surface area contributed by atoms with Crippen molar-refractivity contribution in [3.05, 3.63) is 64.7 Å². The number of rotatable bonds is 6. The summed E-state index contributed by atoms with van der Waals surface area (Å²) in [7, 11) is 0. The third-order valence-electron chi connectivity index (χ3n) is 5.05. The van der Waals surface area contributed by atoms with Gasteiger partial charge in [0.2, 0.25) is 5.91 Å². The largest absolute Gasteiger partial charge is 0.372 e. The third kappa shape index (κ3) is 5.25. The minimum atomic E-state index is 0.0168. The molecule has 138 valence electrons. The average molecular weight is 371 g/mol. The maximum atomic E-state index is 12.2. The molecule has 3 nitrogen and oxygen atoms in total. The van der Waals surface area contributed by atoms with Crippen molar-refractivity contribution < 1.29 is 4.79 Å². The second-order valence-electron chi connectivity index (χ2n) is 7.05. The number of piperidine rings is 1. The SMILES string of the molecule is C[C@@H](NC(=O)CCc1ccc(Cl)cc1)c1ccc(N2CCCCC2)cc1. The zero-order chi connectivity index (χ0) is 18.4. The van der Waals surface area contributed by atoms with Crippen molar-refractivity contribution in [2.24, 2.45) is 0 Å². The van der Waals surface area contributed by atoms with Gasteiger partial charge in [-0.05, 0) is 68.0 Å². The Morgan fingerprint density at radius 1 is 1.04 bits per heavy atom. The van der Waals surface area contributed by atoms with E-state index in [-0.39, 0.29) is 11.9 Å². The highest BCUT2D eigenvalue weighted by Crippen LogP contribution is 2.22. The molecular weight excluding hydrogens is 344 g/mol. The monoisotopic (exact) mass is 370 g/mol. The molecule has 0 bridgehead atoms. The summed E-state index contributed by atoms with van der Waals surface area (Å²) >= 11 is 5.89. The first-order valence-electron chi connectivity index (χ1n) is 9.50. The van der Waals surface area contributed by atoms with Crippen LogP contribution in [0.25, 0.3) is 0 Å². The molecule has 1 atom stereocenters. The van der Waals surface area contributed by atoms with E-state index in [1.54, 1.807) is 0 Å². The number of carbonyl (C=O) groups excluding carboxylic acids is 1. The van der Waals surface area contributed by atoms with Crippen LogP contribution in [0.5, 0.6) is 0 Å². The van der Waals surface area contributed by atoms with Crippen LogP contribution in [-0.4, -0.2) is 19.0 Å². The van der Waals surface area contributed by atoms with Crippen molar-refractivity contribution in [2.45, 2.75) is 45.1 Å². The maximum absolute atomic E-state index is 12.2. The Balaban J connectivity index is 1.49. The number of nitrogens with zero attached hydrogens (tertiary/aromatic N) is 1. The van der Waals surface area contributed by atoms with Gasteiger partial charge in [-0.1, -0.05) is 35.9 Å². The molecule has 1 fully saturated rings. The van der Waals surface area contributed by atoms with E-state index >= 15 is 0 Å². The number of amides is 1. The zero-order valence-electron chi connectivity index (χ0n) is 15.4. The average Bonchev–Trinajstić information content (AvgIpc) is 2.68. The van der Waals surface area contributed by atoms with Crippen molar-refractivity contribution in [1.82, 2.24) is 5.32 Å². The van der Waals surface area contributed by atoms with Gasteiger partial charge >= 0.3 is 0 Å². The molecule has 2 aromatic rings. The molecule has 0 radical (unpaired) electrons. The van der Waals surface area contributed by atoms with Crippen LogP contribution in [0.4, 0.5) is 5.69 Å². The first-order chi connectivity index (χ1) is 12.6. The Morgan fingerprint density at radius 2 is 1.69 bits per heavy atom. The predicted molar refractivity (Wildman–Crippen MR) is 109 cm³/mol. The second-order valence-corrected chi connectivity index (χ2v) is 7.49. The van der Waals surface area contributed by atoms with Gasteiger partial charge < -0.3 is 10.2 Å². The fraction of sp³-hybridized carbons (Fsp3) is 0.409. The van der Waals surface area contributed by atoms with E-state index < -0.39 is 0 Å². The molecule has 3 rings (SSSR count). The fourth-order valence-electron chi connectivity index (χ4n) is 3.43. The highest BCUT2D eigenvalue weighted by molar-refractivity contribution is 6.30. The molecule has 1 aliphatic rings. The number of hydrogen-bond acceptors (Lipinski definition) is 2. The lowest BCUT2D eigenvalue weighted by Gasteiger charge is -2.29. The molecule has 0 aliphatic carbocycles. The van der Waals surface area contributed by atoms with E-state index in [2.05, 4.69) is 34.5 Å². The number of aryl methyl sites for hydroxylation is 1. The summed E-state index contributed by atoms with van der Waals surface area (Å²) in [5.41, 5.74) is 3.56. The van der Waals surface area contributed by atoms with Gasteiger partial charge in [-0.3, -0.25) is 4.79 Å². The summed E-state index contributed by atoms with van der Waals surface area (Å²) in [6.45, 7) is 4.34. The summed E-state index contributed by atoms with van der Waals surface area (Å²) in [5, 5.41) is 3.82. The molecule has 1 aliphatic heterocycles. The molecule has 0 unspecified atom stereocenters. The van der Waals surface area contributed by atoms with Crippen molar-refractivity contribution in [3.8, 4) is 0 Å². The number of anilines is 1. The number of halogens is 1. The molecule has 1 saturated heterocycles. The van der Waals surface area contributed by atoms with Crippen LogP contribution in [0.15, 0.2) is 48.5 Å². The molecule has 0 saturated carbocycles. The quantitative estimate of drug-likeness (QED) is 0.763. The topological polar surface area (TPSA) is 32.3 Å². The number of benzene rings is 2. The van der Waals surface area contributed by atoms with Gasteiger partial charge in [-0.15, -0.1) is 0 Å². The Labute approximate surface area is 161 Å². The van der Waals surface area contributed by atoms with Gasteiger partial charge in [-0.2, -0.15) is 0 Å². The smallest absolute Gasteiger partial charge is 0.220 e. The van der Waals surface area contributed by atoms with Gasteiger partial charge in [0.1, 0.15) is 0 Å². The van der Waals surface area contributed by atoms with Gasteiger partial charge in [0, 0.05) is 30.2 Å². The van der Waals surface area contributed by atoms with Crippen LogP contribution in [0.2, 0.25) is 5.02 Å². The maximum Gasteiger partial charge on any atom is 0.220 e. The minimum Gasteiger partial charge on any atom is -0.372 e. The molecule has 1 heterocycles. The number of carbonyl (C=O) groups is 1. The predicted octanol–water partition coefficient (Wildman–Crippen LogP) is 5.14. The van der Waals surface area contributed by atoms with Crippen molar-refractivity contribution in [3.63, 3.8) is 0 Å². The van der Waals surface area contributed by atoms with E-state index in [1.165, 1.54) is 24.9 Å². The summed E-state index contributed by atoms with van der Waals surface area (Å²) in [5.74, 6) is 0.0764. The normalized spacial score (nSPS) is 15.5. The second kappa shape index (κ2) is 9.09. The van der Waals surface area contributed by atoms with Crippen LogP contribution in [-0.2, 0) is 11.2 Å². The van der Waals surface area contributed by atoms with Gasteiger partial charge in [-0.25, -0.2) is 0 Å². The van der Waals surface area contributed by atoms with Gasteiger partial charge in [0.25, 0.3) is 0 Å². The van der Waals surface area contributed by atoms with Crippen LogP contribution < -0.4 is 10.2 Å². The zero-order valence-corrected chi connectivity index (χ0v) is 16.1. The molecule has 2 aromatic carbocycles. The fourth-order valence-corrected chi connectivity index (χ4v) is 3.56. The Morgan fingerprint density at radius 3 is 2.35 bits per heavy atom. The number of hydrogen-bond donors (Lipinski definition) is 1. The molecule has 4 heteroatoms. The highest BCUT2D eigenvalue weighted by Gasteiger charge is 2.13. The van der Waals surface area contributed by atoms with Crippen molar-refractivity contribution >= 4 is 23.2 Å². The van der Waals surface area contributed by atoms with E-state index in [0.29, 0.717) is 6.42 Å². The molecule has 1 amide bonds. The van der Waals surface area contributed by atoms with E-state index in [1.807, 2.05) is 31.2 Å². The first kappa shape index (κ1) is 18.8. The summed E-state index contributed by atoms with van der Waals surface area (Å²) in [6.07, 6.45) is 5.11. The Hall–Kier alpha value is -2.00. The summed E-state index contributed by atoms with van der Waals surface area (Å²) in [4.78, 5) is 14.7. The highest BCUT2D eigenvalue weighted by atomic mass is 35.5. The lowest BCUT2D eigenvalue weighted by atomic mass is 10.1. The van der Waals surface area contributed by atoms with Crippen molar-refractivity contribution in [2.75, 3.05) is 18.0 Å². The van der Waals surface area contributed by atoms with Crippen molar-refractivity contribution in [1.29, 1.82) is 0 Å². The van der Waals surface area contributed by atoms with Crippen LogP contribution in [0, 0.1) is 0 Å². The summed E-state index contributed by atoms with van der Waals surface area (Å²) < 4.78 is 0. The Bertz CT molecular complexity index is 706. The minimum absolute atomic E-state index is 0.0168. The molecule has 26 heavy (non-hydrogen) atoms. The van der Waals surface area contributed by atoms with Gasteiger partial charge in [0.15, 0.2) is 0 Å². The molecular formula is C22H27ClN2O. The van der Waals surface area contributed by atoms with E-state index in [9.17, 15) is 4.79 Å². The molecule has 0 spiro atoms. The van der Waals surface area contributed by atoms with E-state index in [4.69, 9.17) is 11.6 Å². The summed E-state index contributed by atoms with van der Waals surface area (Å²) in [6, 6.07) is 16.3. The van der Waals surface area contributed by atoms with Crippen LogP contribution in [0.1, 0.15) is 49.8 Å². The lowest BCUT2D eigenvalue weighted by molar-refractivity contribution is -0.121. The van der Waals surface area contributed by atoms with Crippen LogP contribution in [0.3, 0.4) is 0 Å². The number of nitrogens with one attached hydrogen (secondary N) is 1. The van der Waals surface area contributed by atoms with E-state index in [0.717, 1.165) is 35.7 Å².